The molecule has 8 aromatic carbocycles. The third kappa shape index (κ3) is 6.91. The molecule has 2 atom stereocenters. The number of benzene rings is 8. The first-order chi connectivity index (χ1) is 33.8. The minimum Gasteiger partial charge on any atom is -0.330 e. The molecule has 0 radical (unpaired) electrons. The highest BCUT2D eigenvalue weighted by Crippen LogP contribution is 2.47. The first kappa shape index (κ1) is 41.3. The van der Waals surface area contributed by atoms with E-state index in [2.05, 4.69) is 176 Å². The second-order valence-corrected chi connectivity index (χ2v) is 18.2. The zero-order valence-electron chi connectivity index (χ0n) is 38.3. The molecule has 69 heavy (non-hydrogen) atoms. The molecule has 11 aromatic rings. The topological polar surface area (TPSA) is 96.1 Å². The Labute approximate surface area is 399 Å². The van der Waals surface area contributed by atoms with Crippen LogP contribution < -0.4 is 0 Å². The Morgan fingerprint density at radius 3 is 1.74 bits per heavy atom. The predicted molar refractivity (Wildman–Crippen MR) is 279 cm³/mol. The van der Waals surface area contributed by atoms with Crippen molar-refractivity contribution in [2.24, 2.45) is 0 Å². The lowest BCUT2D eigenvalue weighted by molar-refractivity contribution is 0.377. The van der Waals surface area contributed by atoms with Crippen molar-refractivity contribution in [1.29, 1.82) is 10.5 Å². The van der Waals surface area contributed by atoms with Crippen LogP contribution >= 0.6 is 0 Å². The van der Waals surface area contributed by atoms with Crippen molar-refractivity contribution in [1.82, 2.24) is 24.1 Å². The van der Waals surface area contributed by atoms with Crippen molar-refractivity contribution in [3.63, 3.8) is 0 Å². The van der Waals surface area contributed by atoms with Gasteiger partial charge < -0.3 is 9.13 Å². The summed E-state index contributed by atoms with van der Waals surface area (Å²) >= 11 is 0. The summed E-state index contributed by atoms with van der Waals surface area (Å²) in [5.74, 6) is 1.29. The Morgan fingerprint density at radius 1 is 0.493 bits per heavy atom. The number of fused-ring (bicyclic) bond motifs is 6. The van der Waals surface area contributed by atoms with Crippen LogP contribution in [0.15, 0.2) is 200 Å². The Bertz CT molecular complexity index is 4010. The van der Waals surface area contributed by atoms with E-state index in [-0.39, 0.29) is 0 Å². The lowest BCUT2D eigenvalue weighted by Crippen LogP contribution is -2.37. The van der Waals surface area contributed by atoms with Gasteiger partial charge in [0.2, 0.25) is 0 Å². The fourth-order valence-corrected chi connectivity index (χ4v) is 10.4. The van der Waals surface area contributed by atoms with Gasteiger partial charge in [0, 0.05) is 43.7 Å². The largest absolute Gasteiger partial charge is 0.330 e. The van der Waals surface area contributed by atoms with Gasteiger partial charge in [0.15, 0.2) is 11.6 Å². The molecule has 0 fully saturated rings. The Balaban J connectivity index is 1.16. The summed E-state index contributed by atoms with van der Waals surface area (Å²) < 4.78 is 4.80. The molecule has 0 amide bonds. The van der Waals surface area contributed by atoms with E-state index in [9.17, 15) is 10.5 Å². The number of aryl methyl sites for hydroxylation is 2. The summed E-state index contributed by atoms with van der Waals surface area (Å²) in [4.78, 5) is 16.6. The molecule has 0 bridgehead atoms. The highest BCUT2D eigenvalue weighted by molar-refractivity contribution is 6.10. The highest BCUT2D eigenvalue weighted by atomic mass is 15.1. The quantitative estimate of drug-likeness (QED) is 0.159. The molecule has 0 saturated carbocycles. The summed E-state index contributed by atoms with van der Waals surface area (Å²) in [6, 6.07) is 67.3. The Kier molecular flexibility index (Phi) is 9.76. The zero-order chi connectivity index (χ0) is 46.8. The molecule has 0 spiro atoms. The van der Waals surface area contributed by atoms with Gasteiger partial charge in [-0.15, -0.1) is 0 Å². The van der Waals surface area contributed by atoms with E-state index in [1.165, 1.54) is 27.3 Å². The van der Waals surface area contributed by atoms with E-state index in [1.807, 2.05) is 66.7 Å². The van der Waals surface area contributed by atoms with Gasteiger partial charge >= 0.3 is 0 Å². The first-order valence-corrected chi connectivity index (χ1v) is 23.2. The fraction of sp³-hybridized carbons (Fsp3) is 0.0806. The lowest BCUT2D eigenvalue weighted by Gasteiger charge is -2.39. The van der Waals surface area contributed by atoms with Gasteiger partial charge in [-0.05, 0) is 116 Å². The molecule has 0 N–H and O–H groups in total. The third-order valence-corrected chi connectivity index (χ3v) is 13.9. The predicted octanol–water partition coefficient (Wildman–Crippen LogP) is 14.6. The summed E-state index contributed by atoms with van der Waals surface area (Å²) in [6.07, 6.45) is 6.81. The van der Waals surface area contributed by atoms with Crippen LogP contribution in [-0.2, 0) is 5.54 Å². The molecule has 326 valence electrons. The molecule has 12 rings (SSSR count). The van der Waals surface area contributed by atoms with Crippen LogP contribution in [0, 0.1) is 36.5 Å². The normalized spacial score (nSPS) is 15.7. The number of allylic oxidation sites excluding steroid dienone is 4. The zero-order valence-corrected chi connectivity index (χ0v) is 38.3. The number of para-hydroxylation sites is 2. The molecule has 7 nitrogen and oxygen atoms in total. The summed E-state index contributed by atoms with van der Waals surface area (Å²) in [5.41, 5.74) is 13.8. The van der Waals surface area contributed by atoms with Crippen LogP contribution in [0.4, 0.5) is 0 Å². The van der Waals surface area contributed by atoms with Crippen molar-refractivity contribution >= 4 is 49.2 Å². The molecule has 2 unspecified atom stereocenters. The van der Waals surface area contributed by atoms with Crippen LogP contribution in [-0.4, -0.2) is 24.1 Å². The average Bonchev–Trinajstić information content (AvgIpc) is 3.91. The number of nitriles is 2. The first-order valence-electron chi connectivity index (χ1n) is 23.2. The van der Waals surface area contributed by atoms with Crippen LogP contribution in [0.5, 0.6) is 0 Å². The number of aromatic nitrogens is 5. The standard InChI is InChI=1S/C62H43N7/c1-39-17-28-55-50(33-39)48-13-7-9-15-54(48)68(55)56-30-27-46(43-23-19-41(37-63)20-24-43)35-52(56)60-65-59(45-11-5-4-6-12-45)66-61(67-60)53-36-47(44-25-21-42(38-64)22-26-44)31-32-62(53,3)69-57-16-10-8-14-49(57)51-34-40(2)18-29-58(51)69/h4-36,53H,1-3H3. The van der Waals surface area contributed by atoms with Crippen molar-refractivity contribution in [2.45, 2.75) is 32.2 Å². The molecular weight excluding hydrogens is 843 g/mol. The van der Waals surface area contributed by atoms with Crippen LogP contribution in [0.3, 0.4) is 0 Å². The van der Waals surface area contributed by atoms with Gasteiger partial charge in [0.25, 0.3) is 0 Å². The van der Waals surface area contributed by atoms with Gasteiger partial charge in [-0.25, -0.2) is 15.0 Å². The van der Waals surface area contributed by atoms with Crippen molar-refractivity contribution in [3.05, 3.63) is 234 Å². The number of rotatable bonds is 7. The number of hydrogen-bond donors (Lipinski definition) is 0. The van der Waals surface area contributed by atoms with Crippen molar-refractivity contribution < 1.29 is 0 Å². The van der Waals surface area contributed by atoms with Crippen LogP contribution in [0.1, 0.15) is 46.5 Å². The van der Waals surface area contributed by atoms with E-state index >= 15 is 0 Å². The van der Waals surface area contributed by atoms with Gasteiger partial charge in [0.05, 0.1) is 51.4 Å². The molecule has 0 aliphatic heterocycles. The van der Waals surface area contributed by atoms with E-state index in [0.717, 1.165) is 66.5 Å². The molecule has 0 saturated heterocycles. The molecular formula is C62H43N7. The van der Waals surface area contributed by atoms with Gasteiger partial charge in [-0.3, -0.25) is 0 Å². The van der Waals surface area contributed by atoms with E-state index in [4.69, 9.17) is 15.0 Å². The Hall–Kier alpha value is -9.17. The van der Waals surface area contributed by atoms with E-state index < -0.39 is 11.5 Å². The van der Waals surface area contributed by atoms with Crippen molar-refractivity contribution in [2.75, 3.05) is 0 Å². The molecule has 3 aromatic heterocycles. The van der Waals surface area contributed by atoms with Crippen LogP contribution in [0.25, 0.3) is 88.8 Å². The summed E-state index contributed by atoms with van der Waals surface area (Å²) in [5, 5.41) is 24.1. The smallest absolute Gasteiger partial charge is 0.165 e. The number of nitrogens with zero attached hydrogens (tertiary/aromatic N) is 7. The minimum absolute atomic E-state index is 0.418. The molecule has 1 aliphatic rings. The summed E-state index contributed by atoms with van der Waals surface area (Å²) in [6.45, 7) is 6.57. The highest BCUT2D eigenvalue weighted by Gasteiger charge is 2.40. The minimum atomic E-state index is -0.725. The third-order valence-electron chi connectivity index (χ3n) is 13.9. The molecule has 1 aliphatic carbocycles. The molecule has 3 heterocycles. The fourth-order valence-electron chi connectivity index (χ4n) is 10.4. The monoisotopic (exact) mass is 885 g/mol. The van der Waals surface area contributed by atoms with Crippen molar-refractivity contribution in [3.8, 4) is 51.7 Å². The van der Waals surface area contributed by atoms with Gasteiger partial charge in [-0.2, -0.15) is 10.5 Å². The van der Waals surface area contributed by atoms with Gasteiger partial charge in [0.1, 0.15) is 5.82 Å². The van der Waals surface area contributed by atoms with Crippen LogP contribution in [0.2, 0.25) is 0 Å². The second-order valence-electron chi connectivity index (χ2n) is 18.2. The number of hydrogen-bond acceptors (Lipinski definition) is 5. The maximum Gasteiger partial charge on any atom is 0.165 e. The maximum absolute atomic E-state index is 9.72. The average molecular weight is 886 g/mol. The van der Waals surface area contributed by atoms with Gasteiger partial charge in [-0.1, -0.05) is 139 Å². The maximum atomic E-state index is 9.72. The van der Waals surface area contributed by atoms with E-state index in [1.54, 1.807) is 0 Å². The molecule has 7 heteroatoms. The SMILES string of the molecule is Cc1ccc2c(c1)c1ccccc1n2-c1ccc(-c2ccc(C#N)cc2)cc1-c1nc(-c2ccccc2)nc(C2C=C(c3ccc(C#N)cc3)C=CC2(C)n2c3ccccc3c3cc(C)ccc32)n1. The van der Waals surface area contributed by atoms with E-state index in [0.29, 0.717) is 28.6 Å². The summed E-state index contributed by atoms with van der Waals surface area (Å²) in [7, 11) is 0. The second kappa shape index (κ2) is 16.3. The lowest BCUT2D eigenvalue weighted by atomic mass is 9.77. The Morgan fingerprint density at radius 2 is 1.04 bits per heavy atom.